The number of piperidine rings is 1. The first-order valence-corrected chi connectivity index (χ1v) is 8.20. The molecule has 4 heterocycles. The standard InChI is InChI=1S/C18H19N5O/c1-22-9-6-15(21-22)18(24)23-8-3-5-14(12-23)17-10-16-13(11-20-17)4-2-7-19-16/h2,4,6-7,9-11,14H,3,5,8,12H2,1H3. The number of aromatic nitrogens is 4. The molecule has 0 radical (unpaired) electrons. The van der Waals surface area contributed by atoms with Gasteiger partial charge < -0.3 is 4.90 Å². The zero-order chi connectivity index (χ0) is 16.5. The molecule has 0 spiro atoms. The fraction of sp³-hybridized carbons (Fsp3) is 0.333. The highest BCUT2D eigenvalue weighted by Gasteiger charge is 2.27. The summed E-state index contributed by atoms with van der Waals surface area (Å²) in [6, 6.07) is 7.74. The minimum absolute atomic E-state index is 0.000728. The van der Waals surface area contributed by atoms with Gasteiger partial charge in [-0.25, -0.2) is 0 Å². The summed E-state index contributed by atoms with van der Waals surface area (Å²) in [5.41, 5.74) is 2.47. The van der Waals surface area contributed by atoms with Gasteiger partial charge in [0.25, 0.3) is 5.91 Å². The van der Waals surface area contributed by atoms with Gasteiger partial charge in [-0.05, 0) is 37.1 Å². The smallest absolute Gasteiger partial charge is 0.274 e. The number of hydrogen-bond acceptors (Lipinski definition) is 4. The number of amides is 1. The van der Waals surface area contributed by atoms with Crippen molar-refractivity contribution in [2.45, 2.75) is 18.8 Å². The van der Waals surface area contributed by atoms with E-state index in [2.05, 4.69) is 21.1 Å². The second kappa shape index (κ2) is 6.03. The van der Waals surface area contributed by atoms with Crippen molar-refractivity contribution in [2.24, 2.45) is 7.05 Å². The van der Waals surface area contributed by atoms with Gasteiger partial charge in [0.15, 0.2) is 0 Å². The molecule has 1 aliphatic rings. The predicted molar refractivity (Wildman–Crippen MR) is 90.6 cm³/mol. The van der Waals surface area contributed by atoms with Crippen LogP contribution in [0.15, 0.2) is 42.9 Å². The van der Waals surface area contributed by atoms with Crippen LogP contribution in [0.1, 0.15) is 34.9 Å². The molecule has 3 aromatic rings. The van der Waals surface area contributed by atoms with Gasteiger partial charge in [0.1, 0.15) is 5.69 Å². The highest BCUT2D eigenvalue weighted by molar-refractivity contribution is 5.92. The van der Waals surface area contributed by atoms with E-state index in [9.17, 15) is 4.79 Å². The van der Waals surface area contributed by atoms with E-state index < -0.39 is 0 Å². The largest absolute Gasteiger partial charge is 0.337 e. The first-order chi connectivity index (χ1) is 11.7. The van der Waals surface area contributed by atoms with Crippen molar-refractivity contribution >= 4 is 16.8 Å². The summed E-state index contributed by atoms with van der Waals surface area (Å²) in [6.45, 7) is 1.46. The molecule has 122 valence electrons. The third kappa shape index (κ3) is 2.75. The Morgan fingerprint density at radius 3 is 3.04 bits per heavy atom. The monoisotopic (exact) mass is 321 g/mol. The van der Waals surface area contributed by atoms with E-state index >= 15 is 0 Å². The highest BCUT2D eigenvalue weighted by atomic mass is 16.2. The molecule has 0 bridgehead atoms. The first kappa shape index (κ1) is 14.8. The molecule has 1 aliphatic heterocycles. The highest BCUT2D eigenvalue weighted by Crippen LogP contribution is 2.27. The summed E-state index contributed by atoms with van der Waals surface area (Å²) in [5.74, 6) is 0.247. The average molecular weight is 321 g/mol. The summed E-state index contributed by atoms with van der Waals surface area (Å²) in [6.07, 6.45) is 7.48. The van der Waals surface area contributed by atoms with Crippen molar-refractivity contribution in [1.82, 2.24) is 24.6 Å². The van der Waals surface area contributed by atoms with Crippen LogP contribution in [0.2, 0.25) is 0 Å². The molecule has 0 aromatic carbocycles. The summed E-state index contributed by atoms with van der Waals surface area (Å²) in [4.78, 5) is 23.5. The molecule has 0 N–H and O–H groups in total. The van der Waals surface area contributed by atoms with Crippen molar-refractivity contribution in [3.05, 3.63) is 54.2 Å². The molecule has 4 rings (SSSR count). The maximum Gasteiger partial charge on any atom is 0.274 e. The molecule has 1 amide bonds. The van der Waals surface area contributed by atoms with Gasteiger partial charge in [0, 0.05) is 55.7 Å². The Kier molecular flexibility index (Phi) is 3.72. The van der Waals surface area contributed by atoms with Crippen LogP contribution in [0.3, 0.4) is 0 Å². The zero-order valence-corrected chi connectivity index (χ0v) is 13.6. The van der Waals surface area contributed by atoms with Gasteiger partial charge in [-0.15, -0.1) is 0 Å². The van der Waals surface area contributed by atoms with E-state index in [-0.39, 0.29) is 11.8 Å². The van der Waals surface area contributed by atoms with Gasteiger partial charge in [-0.3, -0.25) is 19.4 Å². The minimum atomic E-state index is -0.000728. The van der Waals surface area contributed by atoms with Crippen LogP contribution >= 0.6 is 0 Å². The van der Waals surface area contributed by atoms with Gasteiger partial charge in [-0.1, -0.05) is 0 Å². The third-order valence-corrected chi connectivity index (χ3v) is 4.57. The molecule has 24 heavy (non-hydrogen) atoms. The Morgan fingerprint density at radius 2 is 2.21 bits per heavy atom. The second-order valence-corrected chi connectivity index (χ2v) is 6.27. The summed E-state index contributed by atoms with van der Waals surface area (Å²) in [7, 11) is 1.82. The molecule has 1 fully saturated rings. The Morgan fingerprint density at radius 1 is 1.29 bits per heavy atom. The lowest BCUT2D eigenvalue weighted by molar-refractivity contribution is 0.0699. The molecular formula is C18H19N5O. The van der Waals surface area contributed by atoms with Crippen molar-refractivity contribution in [2.75, 3.05) is 13.1 Å². The number of pyridine rings is 2. The molecule has 0 aliphatic carbocycles. The Balaban J connectivity index is 1.56. The molecule has 3 aromatic heterocycles. The van der Waals surface area contributed by atoms with Crippen LogP contribution in [0, 0.1) is 0 Å². The molecular weight excluding hydrogens is 302 g/mol. The van der Waals surface area contributed by atoms with Crippen LogP contribution in [0.4, 0.5) is 0 Å². The van der Waals surface area contributed by atoms with Gasteiger partial charge in [0.2, 0.25) is 0 Å². The normalized spacial score (nSPS) is 18.0. The Labute approximate surface area is 140 Å². The number of likely N-dealkylation sites (tertiary alicyclic amines) is 1. The molecule has 1 unspecified atom stereocenters. The fourth-order valence-corrected chi connectivity index (χ4v) is 3.30. The molecule has 0 saturated carbocycles. The van der Waals surface area contributed by atoms with Gasteiger partial charge in [0.05, 0.1) is 5.52 Å². The van der Waals surface area contributed by atoms with Crippen molar-refractivity contribution in [1.29, 1.82) is 0 Å². The number of carbonyl (C=O) groups is 1. The quantitative estimate of drug-likeness (QED) is 0.727. The van der Waals surface area contributed by atoms with E-state index in [0.29, 0.717) is 12.2 Å². The number of nitrogens with zero attached hydrogens (tertiary/aromatic N) is 5. The van der Waals surface area contributed by atoms with E-state index in [0.717, 1.165) is 36.0 Å². The summed E-state index contributed by atoms with van der Waals surface area (Å²) in [5, 5.41) is 5.26. The van der Waals surface area contributed by atoms with E-state index in [1.165, 1.54) is 0 Å². The zero-order valence-electron chi connectivity index (χ0n) is 13.6. The van der Waals surface area contributed by atoms with Crippen molar-refractivity contribution < 1.29 is 4.79 Å². The van der Waals surface area contributed by atoms with Crippen LogP contribution in [-0.2, 0) is 7.05 Å². The fourth-order valence-electron chi connectivity index (χ4n) is 3.30. The SMILES string of the molecule is Cn1ccc(C(=O)N2CCCC(c3cc4ncccc4cn3)C2)n1. The maximum atomic E-state index is 12.6. The lowest BCUT2D eigenvalue weighted by Crippen LogP contribution is -2.39. The third-order valence-electron chi connectivity index (χ3n) is 4.57. The lowest BCUT2D eigenvalue weighted by atomic mass is 9.93. The van der Waals surface area contributed by atoms with Crippen molar-refractivity contribution in [3.63, 3.8) is 0 Å². The molecule has 6 nitrogen and oxygen atoms in total. The molecule has 1 atom stereocenters. The van der Waals surface area contributed by atoms with Crippen LogP contribution in [-0.4, -0.2) is 43.6 Å². The first-order valence-electron chi connectivity index (χ1n) is 8.20. The second-order valence-electron chi connectivity index (χ2n) is 6.27. The van der Waals surface area contributed by atoms with Crippen LogP contribution in [0.5, 0.6) is 0 Å². The maximum absolute atomic E-state index is 12.6. The summed E-state index contributed by atoms with van der Waals surface area (Å²) < 4.78 is 1.66. The number of carbonyl (C=O) groups excluding carboxylic acids is 1. The number of rotatable bonds is 2. The number of hydrogen-bond donors (Lipinski definition) is 0. The van der Waals surface area contributed by atoms with E-state index in [4.69, 9.17) is 0 Å². The van der Waals surface area contributed by atoms with E-state index in [1.807, 2.05) is 30.3 Å². The van der Waals surface area contributed by atoms with Gasteiger partial charge >= 0.3 is 0 Å². The van der Waals surface area contributed by atoms with Crippen LogP contribution < -0.4 is 0 Å². The number of aryl methyl sites for hydroxylation is 1. The number of fused-ring (bicyclic) bond motifs is 1. The Hall–Kier alpha value is -2.76. The van der Waals surface area contributed by atoms with Gasteiger partial charge in [-0.2, -0.15) is 5.10 Å². The van der Waals surface area contributed by atoms with E-state index in [1.54, 1.807) is 23.1 Å². The van der Waals surface area contributed by atoms with Crippen molar-refractivity contribution in [3.8, 4) is 0 Å². The lowest BCUT2D eigenvalue weighted by Gasteiger charge is -2.32. The average Bonchev–Trinajstić information content (AvgIpc) is 3.07. The topological polar surface area (TPSA) is 63.9 Å². The Bertz CT molecular complexity index is 888. The predicted octanol–water partition coefficient (Wildman–Crippen LogP) is 2.38. The summed E-state index contributed by atoms with van der Waals surface area (Å²) >= 11 is 0. The minimum Gasteiger partial charge on any atom is -0.337 e. The van der Waals surface area contributed by atoms with Crippen LogP contribution in [0.25, 0.3) is 10.9 Å². The molecule has 1 saturated heterocycles. The molecule has 6 heteroatoms.